The third kappa shape index (κ3) is 3.99. The predicted molar refractivity (Wildman–Crippen MR) is 101 cm³/mol. The Balaban J connectivity index is 0.00000208. The highest BCUT2D eigenvalue weighted by Crippen LogP contribution is 2.19. The molecule has 5 nitrogen and oxygen atoms in total. The fourth-order valence-electron chi connectivity index (χ4n) is 2.92. The monoisotopic (exact) mass is 412 g/mol. The first-order valence-electron chi connectivity index (χ1n) is 8.03. The Morgan fingerprint density at radius 1 is 1.25 bits per heavy atom. The van der Waals surface area contributed by atoms with Gasteiger partial charge < -0.3 is 10.2 Å². The number of hydrogen-bond acceptors (Lipinski definition) is 3. The van der Waals surface area contributed by atoms with Gasteiger partial charge in [-0.25, -0.2) is 4.68 Å². The number of amides is 1. The number of hydrogen-bond donors (Lipinski definition) is 1. The number of carbonyl (C=O) groups is 1. The van der Waals surface area contributed by atoms with E-state index in [1.165, 1.54) is 0 Å². The van der Waals surface area contributed by atoms with Gasteiger partial charge >= 0.3 is 0 Å². The van der Waals surface area contributed by atoms with E-state index >= 15 is 0 Å². The molecule has 1 aromatic heterocycles. The number of benzene rings is 1. The highest BCUT2D eigenvalue weighted by Gasteiger charge is 2.22. The van der Waals surface area contributed by atoms with Crippen molar-refractivity contribution in [1.82, 2.24) is 20.0 Å². The molecule has 0 saturated carbocycles. The minimum atomic E-state index is 0. The molecule has 0 spiro atoms. The number of halogens is 2. The molecular formula is C17H22BrClN4O. The number of aromatic nitrogens is 2. The van der Waals surface area contributed by atoms with Gasteiger partial charge in [-0.15, -0.1) is 12.4 Å². The van der Waals surface area contributed by atoms with Crippen molar-refractivity contribution >= 4 is 34.2 Å². The Hall–Kier alpha value is -1.37. The summed E-state index contributed by atoms with van der Waals surface area (Å²) in [5.41, 5.74) is 2.66. The second-order valence-corrected chi connectivity index (χ2v) is 6.56. The molecule has 1 amide bonds. The van der Waals surface area contributed by atoms with E-state index in [-0.39, 0.29) is 18.3 Å². The molecule has 3 rings (SSSR count). The van der Waals surface area contributed by atoms with Gasteiger partial charge in [0.05, 0.1) is 23.1 Å². The molecule has 1 aliphatic heterocycles. The lowest BCUT2D eigenvalue weighted by molar-refractivity contribution is 0.0765. The molecule has 1 saturated heterocycles. The molecule has 7 heteroatoms. The Morgan fingerprint density at radius 3 is 2.71 bits per heavy atom. The number of nitrogens with one attached hydrogen (secondary N) is 1. The SMILES string of the molecule is CCc1c(C(=O)N2CCCNCC2)cnn1-c1ccc(Br)cc1.Cl. The van der Waals surface area contributed by atoms with Gasteiger partial charge in [0, 0.05) is 24.1 Å². The lowest BCUT2D eigenvalue weighted by Gasteiger charge is -2.20. The van der Waals surface area contributed by atoms with E-state index < -0.39 is 0 Å². The molecule has 2 aromatic rings. The molecule has 24 heavy (non-hydrogen) atoms. The molecule has 1 aliphatic rings. The molecule has 0 atom stereocenters. The third-order valence-electron chi connectivity index (χ3n) is 4.13. The molecule has 1 N–H and O–H groups in total. The van der Waals surface area contributed by atoms with Crippen molar-refractivity contribution in [3.8, 4) is 5.69 Å². The second-order valence-electron chi connectivity index (χ2n) is 5.64. The van der Waals surface area contributed by atoms with Crippen LogP contribution in [0, 0.1) is 0 Å². The van der Waals surface area contributed by atoms with Crippen LogP contribution in [-0.2, 0) is 6.42 Å². The van der Waals surface area contributed by atoms with Crippen LogP contribution in [0.25, 0.3) is 5.69 Å². The number of rotatable bonds is 3. The Morgan fingerprint density at radius 2 is 2.00 bits per heavy atom. The fourth-order valence-corrected chi connectivity index (χ4v) is 3.18. The van der Waals surface area contributed by atoms with Crippen LogP contribution in [0.4, 0.5) is 0 Å². The van der Waals surface area contributed by atoms with E-state index in [9.17, 15) is 4.79 Å². The van der Waals surface area contributed by atoms with Gasteiger partial charge in [-0.05, 0) is 43.7 Å². The molecule has 0 bridgehead atoms. The van der Waals surface area contributed by atoms with Crippen LogP contribution in [0.3, 0.4) is 0 Å². The topological polar surface area (TPSA) is 50.2 Å². The van der Waals surface area contributed by atoms with Crippen molar-refractivity contribution in [3.05, 3.63) is 46.2 Å². The van der Waals surface area contributed by atoms with Crippen molar-refractivity contribution < 1.29 is 4.79 Å². The minimum Gasteiger partial charge on any atom is -0.337 e. The van der Waals surface area contributed by atoms with E-state index in [0.717, 1.165) is 60.4 Å². The van der Waals surface area contributed by atoms with Gasteiger partial charge in [-0.3, -0.25) is 4.79 Å². The van der Waals surface area contributed by atoms with Crippen LogP contribution < -0.4 is 5.32 Å². The van der Waals surface area contributed by atoms with Crippen molar-refractivity contribution in [3.63, 3.8) is 0 Å². The average molecular weight is 414 g/mol. The van der Waals surface area contributed by atoms with Crippen LogP contribution in [-0.4, -0.2) is 46.8 Å². The van der Waals surface area contributed by atoms with Gasteiger partial charge in [0.2, 0.25) is 0 Å². The number of carbonyl (C=O) groups excluding carboxylic acids is 1. The summed E-state index contributed by atoms with van der Waals surface area (Å²) in [7, 11) is 0. The molecule has 130 valence electrons. The molecule has 2 heterocycles. The quantitative estimate of drug-likeness (QED) is 0.841. The molecule has 0 aliphatic carbocycles. The van der Waals surface area contributed by atoms with Gasteiger partial charge in [-0.2, -0.15) is 5.10 Å². The molecule has 1 aromatic carbocycles. The second kappa shape index (κ2) is 8.65. The van der Waals surface area contributed by atoms with Gasteiger partial charge in [0.1, 0.15) is 0 Å². The minimum absolute atomic E-state index is 0. The zero-order chi connectivity index (χ0) is 16.2. The normalized spacial score (nSPS) is 14.8. The van der Waals surface area contributed by atoms with Gasteiger partial charge in [0.25, 0.3) is 5.91 Å². The first-order valence-corrected chi connectivity index (χ1v) is 8.83. The molecular weight excluding hydrogens is 392 g/mol. The summed E-state index contributed by atoms with van der Waals surface area (Å²) in [6.07, 6.45) is 3.47. The summed E-state index contributed by atoms with van der Waals surface area (Å²) in [5, 5.41) is 7.79. The van der Waals surface area contributed by atoms with Crippen molar-refractivity contribution in [2.24, 2.45) is 0 Å². The first-order chi connectivity index (χ1) is 11.2. The summed E-state index contributed by atoms with van der Waals surface area (Å²) in [6, 6.07) is 7.97. The van der Waals surface area contributed by atoms with Gasteiger partial charge in [0.15, 0.2) is 0 Å². The zero-order valence-electron chi connectivity index (χ0n) is 13.7. The lowest BCUT2D eigenvalue weighted by Crippen LogP contribution is -2.34. The van der Waals surface area contributed by atoms with Crippen molar-refractivity contribution in [2.45, 2.75) is 19.8 Å². The predicted octanol–water partition coefficient (Wildman–Crippen LogP) is 3.05. The number of nitrogens with zero attached hydrogens (tertiary/aromatic N) is 3. The highest BCUT2D eigenvalue weighted by atomic mass is 79.9. The summed E-state index contributed by atoms with van der Waals surface area (Å²) < 4.78 is 2.90. The van der Waals surface area contributed by atoms with Crippen LogP contribution in [0.15, 0.2) is 34.9 Å². The Kier molecular flexibility index (Phi) is 6.83. The lowest BCUT2D eigenvalue weighted by atomic mass is 10.1. The van der Waals surface area contributed by atoms with Crippen molar-refractivity contribution in [1.29, 1.82) is 0 Å². The Bertz CT molecular complexity index is 678. The Labute approximate surface area is 157 Å². The highest BCUT2D eigenvalue weighted by molar-refractivity contribution is 9.10. The summed E-state index contributed by atoms with van der Waals surface area (Å²) in [6.45, 7) is 5.45. The standard InChI is InChI=1S/C17H21BrN4O.ClH/c1-2-16-15(17(23)21-10-3-8-19-9-11-21)12-20-22(16)14-6-4-13(18)5-7-14;/h4-7,12,19H,2-3,8-11H2,1H3;1H. The summed E-state index contributed by atoms with van der Waals surface area (Å²) in [4.78, 5) is 14.8. The van der Waals surface area contributed by atoms with E-state index in [1.54, 1.807) is 6.20 Å². The van der Waals surface area contributed by atoms with Gasteiger partial charge in [-0.1, -0.05) is 22.9 Å². The largest absolute Gasteiger partial charge is 0.337 e. The maximum absolute atomic E-state index is 12.9. The van der Waals surface area contributed by atoms with E-state index in [0.29, 0.717) is 0 Å². The third-order valence-corrected chi connectivity index (χ3v) is 4.66. The molecule has 0 radical (unpaired) electrons. The zero-order valence-corrected chi connectivity index (χ0v) is 16.1. The van der Waals surface area contributed by atoms with E-state index in [4.69, 9.17) is 0 Å². The van der Waals surface area contributed by atoms with Crippen LogP contribution in [0.1, 0.15) is 29.4 Å². The van der Waals surface area contributed by atoms with Crippen molar-refractivity contribution in [2.75, 3.05) is 26.2 Å². The average Bonchev–Trinajstić information content (AvgIpc) is 2.80. The van der Waals surface area contributed by atoms with E-state index in [1.807, 2.05) is 33.8 Å². The van der Waals surface area contributed by atoms with Crippen LogP contribution >= 0.6 is 28.3 Å². The summed E-state index contributed by atoms with van der Waals surface area (Å²) >= 11 is 3.45. The van der Waals surface area contributed by atoms with Crippen LogP contribution in [0.5, 0.6) is 0 Å². The maximum atomic E-state index is 12.9. The maximum Gasteiger partial charge on any atom is 0.257 e. The fraction of sp³-hybridized carbons (Fsp3) is 0.412. The first kappa shape index (κ1) is 19.0. The van der Waals surface area contributed by atoms with Crippen LogP contribution in [0.2, 0.25) is 0 Å². The smallest absolute Gasteiger partial charge is 0.257 e. The molecule has 1 fully saturated rings. The van der Waals surface area contributed by atoms with E-state index in [2.05, 4.69) is 33.3 Å². The molecule has 0 unspecified atom stereocenters. The summed E-state index contributed by atoms with van der Waals surface area (Å²) in [5.74, 6) is 0.0916.